The molecular formula is C10H9F3N2O. The predicted octanol–water partition coefficient (Wildman–Crippen LogP) is 2.78. The lowest BCUT2D eigenvalue weighted by Crippen LogP contribution is -2.12. The summed E-state index contributed by atoms with van der Waals surface area (Å²) in [6, 6.07) is 4.73. The highest BCUT2D eigenvalue weighted by Gasteiger charge is 2.29. The van der Waals surface area contributed by atoms with E-state index < -0.39 is 12.6 Å². The van der Waals surface area contributed by atoms with E-state index in [1.807, 2.05) is 0 Å². The van der Waals surface area contributed by atoms with Gasteiger partial charge in [-0.05, 0) is 18.2 Å². The lowest BCUT2D eigenvalue weighted by molar-refractivity contribution is -0.127. The molecule has 0 bridgehead atoms. The zero-order valence-electron chi connectivity index (χ0n) is 8.45. The fourth-order valence-electron chi connectivity index (χ4n) is 1.47. The Morgan fingerprint density at radius 1 is 1.44 bits per heavy atom. The zero-order chi connectivity index (χ0) is 11.8. The maximum Gasteiger partial charge on any atom is 0.394 e. The molecule has 0 atom stereocenters. The molecule has 0 spiro atoms. The standard InChI is InChI=1S/C10H9F3N2O/c1-15-8(9-3-2-4-16-9)5-7(14-15)6-10(11,12)13/h2-5H,6H2,1H3. The number of nitrogens with zero attached hydrogens (tertiary/aromatic N) is 2. The molecule has 3 nitrogen and oxygen atoms in total. The fraction of sp³-hybridized carbons (Fsp3) is 0.300. The van der Waals surface area contributed by atoms with Crippen molar-refractivity contribution < 1.29 is 17.6 Å². The molecule has 0 amide bonds. The van der Waals surface area contributed by atoms with E-state index >= 15 is 0 Å². The Hall–Kier alpha value is -1.72. The van der Waals surface area contributed by atoms with Crippen LogP contribution in [0.5, 0.6) is 0 Å². The van der Waals surface area contributed by atoms with Gasteiger partial charge in [-0.15, -0.1) is 0 Å². The van der Waals surface area contributed by atoms with Crippen molar-refractivity contribution >= 4 is 0 Å². The van der Waals surface area contributed by atoms with Crippen LogP contribution >= 0.6 is 0 Å². The van der Waals surface area contributed by atoms with Crippen LogP contribution in [0.2, 0.25) is 0 Å². The molecule has 2 aromatic heterocycles. The van der Waals surface area contributed by atoms with E-state index in [1.165, 1.54) is 17.0 Å². The third-order valence-corrected chi connectivity index (χ3v) is 2.09. The molecule has 0 aliphatic heterocycles. The number of hydrogen-bond acceptors (Lipinski definition) is 2. The van der Waals surface area contributed by atoms with Crippen LogP contribution in [0, 0.1) is 0 Å². The van der Waals surface area contributed by atoms with Gasteiger partial charge >= 0.3 is 6.18 Å². The molecule has 2 rings (SSSR count). The number of halogens is 3. The molecule has 2 heterocycles. The monoisotopic (exact) mass is 230 g/mol. The van der Waals surface area contributed by atoms with Gasteiger partial charge in [-0.2, -0.15) is 18.3 Å². The molecule has 0 aliphatic rings. The normalized spacial score (nSPS) is 12.0. The Kier molecular flexibility index (Phi) is 2.49. The van der Waals surface area contributed by atoms with E-state index in [4.69, 9.17) is 4.42 Å². The second kappa shape index (κ2) is 3.70. The molecule has 86 valence electrons. The first-order chi connectivity index (χ1) is 7.46. The molecule has 6 heteroatoms. The van der Waals surface area contributed by atoms with E-state index in [1.54, 1.807) is 19.2 Å². The third kappa shape index (κ3) is 2.26. The van der Waals surface area contributed by atoms with Crippen LogP contribution in [-0.2, 0) is 13.5 Å². The minimum atomic E-state index is -4.24. The first kappa shape index (κ1) is 10.8. The van der Waals surface area contributed by atoms with E-state index in [0.29, 0.717) is 11.5 Å². The summed E-state index contributed by atoms with van der Waals surface area (Å²) in [6.45, 7) is 0. The van der Waals surface area contributed by atoms with Crippen LogP contribution in [0.3, 0.4) is 0 Å². The van der Waals surface area contributed by atoms with Crippen molar-refractivity contribution in [2.24, 2.45) is 7.05 Å². The molecule has 0 N–H and O–H groups in total. The lowest BCUT2D eigenvalue weighted by Gasteiger charge is -2.01. The minimum absolute atomic E-state index is 0.0126. The van der Waals surface area contributed by atoms with Crippen LogP contribution in [0.15, 0.2) is 28.9 Å². The summed E-state index contributed by atoms with van der Waals surface area (Å²) in [5, 5.41) is 3.79. The second-order valence-electron chi connectivity index (χ2n) is 3.41. The summed E-state index contributed by atoms with van der Waals surface area (Å²) in [7, 11) is 1.58. The van der Waals surface area contributed by atoms with Gasteiger partial charge in [0.1, 0.15) is 5.69 Å². The van der Waals surface area contributed by atoms with Gasteiger partial charge in [-0.3, -0.25) is 4.68 Å². The Balaban J connectivity index is 2.29. The highest BCUT2D eigenvalue weighted by atomic mass is 19.4. The summed E-state index contributed by atoms with van der Waals surface area (Å²) in [6.07, 6.45) is -3.80. The van der Waals surface area contributed by atoms with Crippen LogP contribution in [-0.4, -0.2) is 16.0 Å². The van der Waals surface area contributed by atoms with Gasteiger partial charge < -0.3 is 4.42 Å². The maximum atomic E-state index is 12.2. The first-order valence-electron chi connectivity index (χ1n) is 4.59. The van der Waals surface area contributed by atoms with Crippen molar-refractivity contribution in [3.05, 3.63) is 30.2 Å². The summed E-state index contributed by atoms with van der Waals surface area (Å²) in [5.41, 5.74) is 0.519. The largest absolute Gasteiger partial charge is 0.463 e. The summed E-state index contributed by atoms with van der Waals surface area (Å²) >= 11 is 0. The highest BCUT2D eigenvalue weighted by molar-refractivity contribution is 5.52. The van der Waals surface area contributed by atoms with Gasteiger partial charge in [0.25, 0.3) is 0 Å². The smallest absolute Gasteiger partial charge is 0.394 e. The average Bonchev–Trinajstić information content (AvgIpc) is 2.71. The molecular weight excluding hydrogens is 221 g/mol. The topological polar surface area (TPSA) is 31.0 Å². The fourth-order valence-corrected chi connectivity index (χ4v) is 1.47. The van der Waals surface area contributed by atoms with Gasteiger partial charge in [0.15, 0.2) is 5.76 Å². The SMILES string of the molecule is Cn1nc(CC(F)(F)F)cc1-c1ccco1. The van der Waals surface area contributed by atoms with Crippen LogP contribution < -0.4 is 0 Å². The number of alkyl halides is 3. The molecule has 16 heavy (non-hydrogen) atoms. The van der Waals surface area contributed by atoms with E-state index in [2.05, 4.69) is 5.10 Å². The quantitative estimate of drug-likeness (QED) is 0.794. The average molecular weight is 230 g/mol. The van der Waals surface area contributed by atoms with Crippen LogP contribution in [0.4, 0.5) is 13.2 Å². The molecule has 0 saturated heterocycles. The second-order valence-corrected chi connectivity index (χ2v) is 3.41. The Morgan fingerprint density at radius 3 is 2.75 bits per heavy atom. The van der Waals surface area contributed by atoms with E-state index in [0.717, 1.165) is 0 Å². The van der Waals surface area contributed by atoms with Gasteiger partial charge in [-0.1, -0.05) is 0 Å². The molecule has 0 unspecified atom stereocenters. The van der Waals surface area contributed by atoms with Crippen molar-refractivity contribution in [2.75, 3.05) is 0 Å². The number of hydrogen-bond donors (Lipinski definition) is 0. The van der Waals surface area contributed by atoms with Gasteiger partial charge in [0.2, 0.25) is 0 Å². The van der Waals surface area contributed by atoms with Crippen molar-refractivity contribution in [1.82, 2.24) is 9.78 Å². The van der Waals surface area contributed by atoms with Crippen molar-refractivity contribution in [2.45, 2.75) is 12.6 Å². The maximum absolute atomic E-state index is 12.2. The van der Waals surface area contributed by atoms with Crippen LogP contribution in [0.25, 0.3) is 11.5 Å². The zero-order valence-corrected chi connectivity index (χ0v) is 8.45. The van der Waals surface area contributed by atoms with E-state index in [-0.39, 0.29) is 5.69 Å². The lowest BCUT2D eigenvalue weighted by atomic mass is 10.2. The molecule has 0 radical (unpaired) electrons. The van der Waals surface area contributed by atoms with Gasteiger partial charge in [0, 0.05) is 7.05 Å². The first-order valence-corrected chi connectivity index (χ1v) is 4.59. The van der Waals surface area contributed by atoms with Crippen molar-refractivity contribution in [3.63, 3.8) is 0 Å². The van der Waals surface area contributed by atoms with Crippen molar-refractivity contribution in [3.8, 4) is 11.5 Å². The minimum Gasteiger partial charge on any atom is -0.463 e. The molecule has 0 aliphatic carbocycles. The molecule has 0 fully saturated rings. The Labute approximate surface area is 89.5 Å². The molecule has 0 saturated carbocycles. The number of aromatic nitrogens is 2. The Morgan fingerprint density at radius 2 is 2.19 bits per heavy atom. The van der Waals surface area contributed by atoms with Crippen molar-refractivity contribution in [1.29, 1.82) is 0 Å². The van der Waals surface area contributed by atoms with E-state index in [9.17, 15) is 13.2 Å². The summed E-state index contributed by atoms with van der Waals surface area (Å²) in [4.78, 5) is 0. The highest BCUT2D eigenvalue weighted by Crippen LogP contribution is 2.25. The number of aryl methyl sites for hydroxylation is 1. The number of rotatable bonds is 2. The predicted molar refractivity (Wildman–Crippen MR) is 50.7 cm³/mol. The van der Waals surface area contributed by atoms with Gasteiger partial charge in [-0.25, -0.2) is 0 Å². The number of furan rings is 1. The van der Waals surface area contributed by atoms with Gasteiger partial charge in [0.05, 0.1) is 18.4 Å². The summed E-state index contributed by atoms with van der Waals surface area (Å²) < 4.78 is 42.9. The molecule has 0 aromatic carbocycles. The third-order valence-electron chi connectivity index (χ3n) is 2.09. The molecule has 2 aromatic rings. The van der Waals surface area contributed by atoms with Crippen LogP contribution in [0.1, 0.15) is 5.69 Å². The summed E-state index contributed by atoms with van der Waals surface area (Å²) in [5.74, 6) is 0.503. The Bertz CT molecular complexity index is 471.